The highest BCUT2D eigenvalue weighted by Crippen LogP contribution is 2.26. The fourth-order valence-electron chi connectivity index (χ4n) is 1.54. The summed E-state index contributed by atoms with van der Waals surface area (Å²) in [6.45, 7) is 3.11. The standard InChI is InChI=1S/C12H17NO4S2.C2H3ClO/c1-9-3-5-10(6-4-9)19(16,17)12(13,11(14)15)7-8-18-2;1-2(3)4/h3-6H,7-8,13H2,1-2H3,(H,14,15);1H3. The lowest BCUT2D eigenvalue weighted by Crippen LogP contribution is -2.55. The van der Waals surface area contributed by atoms with Crippen LogP contribution in [0, 0.1) is 6.92 Å². The number of aryl methyl sites for hydroxylation is 1. The van der Waals surface area contributed by atoms with Gasteiger partial charge in [-0.3, -0.25) is 4.79 Å². The number of carboxylic acid groups (broad SMARTS) is 1. The molecule has 0 bridgehead atoms. The van der Waals surface area contributed by atoms with Crippen LogP contribution in [0.1, 0.15) is 18.9 Å². The Morgan fingerprint density at radius 1 is 1.30 bits per heavy atom. The normalized spacial score (nSPS) is 13.4. The van der Waals surface area contributed by atoms with Gasteiger partial charge in [-0.25, -0.2) is 13.2 Å². The second kappa shape index (κ2) is 9.27. The largest absolute Gasteiger partial charge is 0.479 e. The maximum absolute atomic E-state index is 12.4. The third kappa shape index (κ3) is 6.14. The molecule has 0 fully saturated rings. The average molecular weight is 382 g/mol. The topological polar surface area (TPSA) is 115 Å². The predicted octanol–water partition coefficient (Wildman–Crippen LogP) is 2.03. The number of carboxylic acids is 1. The highest BCUT2D eigenvalue weighted by atomic mass is 35.5. The molecule has 130 valence electrons. The molecule has 3 N–H and O–H groups in total. The van der Waals surface area contributed by atoms with E-state index < -0.39 is 20.7 Å². The Balaban J connectivity index is 0.00000108. The van der Waals surface area contributed by atoms with E-state index in [2.05, 4.69) is 11.6 Å². The molecule has 0 spiro atoms. The van der Waals surface area contributed by atoms with E-state index in [1.54, 1.807) is 18.4 Å². The highest BCUT2D eigenvalue weighted by molar-refractivity contribution is 7.98. The molecular formula is C14H20ClNO5S2. The van der Waals surface area contributed by atoms with Gasteiger partial charge >= 0.3 is 5.97 Å². The van der Waals surface area contributed by atoms with E-state index in [0.29, 0.717) is 5.75 Å². The summed E-state index contributed by atoms with van der Waals surface area (Å²) < 4.78 is 24.8. The lowest BCUT2D eigenvalue weighted by atomic mass is 10.2. The van der Waals surface area contributed by atoms with Crippen molar-refractivity contribution in [2.24, 2.45) is 5.73 Å². The van der Waals surface area contributed by atoms with Gasteiger partial charge in [-0.05, 0) is 42.7 Å². The number of hydrogen-bond donors (Lipinski definition) is 2. The number of rotatable bonds is 6. The number of sulfone groups is 1. The Morgan fingerprint density at radius 2 is 1.74 bits per heavy atom. The quantitative estimate of drug-likeness (QED) is 0.724. The number of hydrogen-bond acceptors (Lipinski definition) is 6. The summed E-state index contributed by atoms with van der Waals surface area (Å²) >= 11 is 5.99. The van der Waals surface area contributed by atoms with Crippen molar-refractivity contribution in [3.05, 3.63) is 29.8 Å². The molecule has 0 saturated heterocycles. The summed E-state index contributed by atoms with van der Waals surface area (Å²) in [5.74, 6) is -1.17. The fourth-order valence-corrected chi connectivity index (χ4v) is 3.71. The van der Waals surface area contributed by atoms with Crippen LogP contribution in [0.3, 0.4) is 0 Å². The van der Waals surface area contributed by atoms with Crippen molar-refractivity contribution in [2.75, 3.05) is 12.0 Å². The molecule has 6 nitrogen and oxygen atoms in total. The van der Waals surface area contributed by atoms with Gasteiger partial charge in [-0.15, -0.1) is 0 Å². The number of benzene rings is 1. The first-order valence-corrected chi connectivity index (χ1v) is 9.73. The van der Waals surface area contributed by atoms with Gasteiger partial charge in [0.1, 0.15) is 0 Å². The summed E-state index contributed by atoms with van der Waals surface area (Å²) in [5, 5.41) is 8.84. The van der Waals surface area contributed by atoms with E-state index in [-0.39, 0.29) is 16.6 Å². The van der Waals surface area contributed by atoms with E-state index in [1.807, 2.05) is 6.92 Å². The number of nitrogens with two attached hydrogens (primary N) is 1. The van der Waals surface area contributed by atoms with Crippen molar-refractivity contribution < 1.29 is 23.1 Å². The second-order valence-electron chi connectivity index (χ2n) is 4.72. The minimum Gasteiger partial charge on any atom is -0.479 e. The van der Waals surface area contributed by atoms with Crippen LogP contribution in [0.5, 0.6) is 0 Å². The monoisotopic (exact) mass is 381 g/mol. The predicted molar refractivity (Wildman–Crippen MR) is 92.5 cm³/mol. The summed E-state index contributed by atoms with van der Waals surface area (Å²) in [6, 6.07) is 6.00. The van der Waals surface area contributed by atoms with Crippen LogP contribution < -0.4 is 5.73 Å². The maximum Gasteiger partial charge on any atom is 0.339 e. The van der Waals surface area contributed by atoms with Crippen LogP contribution in [0.2, 0.25) is 0 Å². The Kier molecular flexibility index (Phi) is 8.83. The molecular weight excluding hydrogens is 362 g/mol. The molecule has 0 heterocycles. The lowest BCUT2D eigenvalue weighted by molar-refractivity contribution is -0.140. The van der Waals surface area contributed by atoms with Gasteiger partial charge < -0.3 is 10.8 Å². The van der Waals surface area contributed by atoms with Gasteiger partial charge in [-0.1, -0.05) is 17.7 Å². The summed E-state index contributed by atoms with van der Waals surface area (Å²) in [6.07, 6.45) is 1.63. The van der Waals surface area contributed by atoms with Crippen LogP contribution in [0.15, 0.2) is 29.2 Å². The molecule has 23 heavy (non-hydrogen) atoms. The summed E-state index contributed by atoms with van der Waals surface area (Å²) in [4.78, 5) is 18.2. The van der Waals surface area contributed by atoms with Gasteiger partial charge in [0.25, 0.3) is 0 Å². The number of thioether (sulfide) groups is 1. The third-order valence-electron chi connectivity index (χ3n) is 2.85. The van der Waals surface area contributed by atoms with E-state index in [0.717, 1.165) is 5.56 Å². The van der Waals surface area contributed by atoms with Crippen molar-refractivity contribution in [3.8, 4) is 0 Å². The molecule has 0 saturated carbocycles. The zero-order valence-electron chi connectivity index (χ0n) is 13.1. The molecule has 0 aliphatic rings. The SMILES string of the molecule is CC(=O)Cl.CSCCC(N)(C(=O)O)S(=O)(=O)c1ccc(C)cc1. The molecule has 9 heteroatoms. The lowest BCUT2D eigenvalue weighted by Gasteiger charge is -2.24. The third-order valence-corrected chi connectivity index (χ3v) is 5.69. The molecule has 0 aliphatic carbocycles. The Bertz CT molecular complexity index is 642. The first-order valence-electron chi connectivity index (χ1n) is 6.47. The average Bonchev–Trinajstić information content (AvgIpc) is 2.44. The molecule has 1 unspecified atom stereocenters. The van der Waals surface area contributed by atoms with E-state index in [4.69, 9.17) is 5.73 Å². The van der Waals surface area contributed by atoms with E-state index >= 15 is 0 Å². The molecule has 0 amide bonds. The zero-order chi connectivity index (χ0) is 18.3. The van der Waals surface area contributed by atoms with Gasteiger partial charge in [-0.2, -0.15) is 11.8 Å². The van der Waals surface area contributed by atoms with E-state index in [1.165, 1.54) is 30.8 Å². The molecule has 0 aromatic heterocycles. The molecule has 1 aromatic carbocycles. The molecule has 0 radical (unpaired) electrons. The number of halogens is 1. The number of carbonyl (C=O) groups is 2. The highest BCUT2D eigenvalue weighted by Gasteiger charge is 2.47. The second-order valence-corrected chi connectivity index (χ2v) is 8.45. The minimum absolute atomic E-state index is 0.0656. The first-order chi connectivity index (χ1) is 10.5. The molecule has 1 rings (SSSR count). The number of carbonyl (C=O) groups excluding carboxylic acids is 1. The van der Waals surface area contributed by atoms with Crippen molar-refractivity contribution >= 4 is 44.4 Å². The zero-order valence-corrected chi connectivity index (χ0v) is 15.5. The Labute approximate surface area is 145 Å². The molecule has 1 atom stereocenters. The van der Waals surface area contributed by atoms with Crippen molar-refractivity contribution in [3.63, 3.8) is 0 Å². The maximum atomic E-state index is 12.4. The molecule has 0 aliphatic heterocycles. The van der Waals surface area contributed by atoms with Crippen molar-refractivity contribution in [2.45, 2.75) is 30.0 Å². The smallest absolute Gasteiger partial charge is 0.339 e. The molecule has 1 aromatic rings. The van der Waals surface area contributed by atoms with Crippen molar-refractivity contribution in [1.82, 2.24) is 0 Å². The van der Waals surface area contributed by atoms with Crippen LogP contribution in [0.4, 0.5) is 0 Å². The fraction of sp³-hybridized carbons (Fsp3) is 0.429. The number of aliphatic carboxylic acids is 1. The van der Waals surface area contributed by atoms with Crippen LogP contribution >= 0.6 is 23.4 Å². The van der Waals surface area contributed by atoms with Crippen molar-refractivity contribution in [1.29, 1.82) is 0 Å². The summed E-state index contributed by atoms with van der Waals surface area (Å²) in [5.41, 5.74) is 6.56. The Morgan fingerprint density at radius 3 is 2.09 bits per heavy atom. The summed E-state index contributed by atoms with van der Waals surface area (Å²) in [7, 11) is -4.12. The van der Waals surface area contributed by atoms with Crippen LogP contribution in [-0.4, -0.2) is 41.6 Å². The first kappa shape index (κ1) is 21.9. The van der Waals surface area contributed by atoms with E-state index in [9.17, 15) is 23.1 Å². The Hall–Kier alpha value is -1.09. The van der Waals surface area contributed by atoms with Gasteiger partial charge in [0.05, 0.1) is 4.90 Å². The van der Waals surface area contributed by atoms with Crippen LogP contribution in [0.25, 0.3) is 0 Å². The minimum atomic E-state index is -4.12. The van der Waals surface area contributed by atoms with Crippen LogP contribution in [-0.2, 0) is 19.4 Å². The van der Waals surface area contributed by atoms with Gasteiger partial charge in [0.2, 0.25) is 20.0 Å². The van der Waals surface area contributed by atoms with Gasteiger partial charge in [0.15, 0.2) is 0 Å². The van der Waals surface area contributed by atoms with Gasteiger partial charge in [0, 0.05) is 13.3 Å².